The minimum absolute atomic E-state index is 0.295. The molecule has 1 amide bonds. The summed E-state index contributed by atoms with van der Waals surface area (Å²) in [6.07, 6.45) is 1.63. The van der Waals surface area contributed by atoms with Gasteiger partial charge in [-0.15, -0.1) is 11.3 Å². The first-order valence-electron chi connectivity index (χ1n) is 7.66. The van der Waals surface area contributed by atoms with Crippen LogP contribution in [0.4, 0.5) is 0 Å². The van der Waals surface area contributed by atoms with E-state index in [2.05, 4.69) is 36.5 Å². The summed E-state index contributed by atoms with van der Waals surface area (Å²) in [7, 11) is 0. The number of halogens is 1. The van der Waals surface area contributed by atoms with Gasteiger partial charge in [0.05, 0.1) is 11.2 Å². The molecule has 3 nitrogen and oxygen atoms in total. The number of hydrogen-bond acceptors (Lipinski definition) is 3. The number of hydrogen-bond donors (Lipinski definition) is 1. The van der Waals surface area contributed by atoms with E-state index >= 15 is 0 Å². The molecule has 3 aromatic rings. The Bertz CT molecular complexity index is 897. The van der Waals surface area contributed by atoms with Crippen molar-refractivity contribution in [1.82, 2.24) is 5.43 Å². The smallest absolute Gasteiger partial charge is 0.266 e. The molecule has 2 aromatic carbocycles. The van der Waals surface area contributed by atoms with Crippen LogP contribution in [0.25, 0.3) is 10.1 Å². The predicted molar refractivity (Wildman–Crippen MR) is 102 cm³/mol. The first-order chi connectivity index (χ1) is 11.6. The molecule has 0 fully saturated rings. The summed E-state index contributed by atoms with van der Waals surface area (Å²) < 4.78 is 0.987. The molecule has 122 valence electrons. The molecule has 0 atom stereocenters. The lowest BCUT2D eigenvalue weighted by Crippen LogP contribution is -2.16. The maximum atomic E-state index is 12.3. The highest BCUT2D eigenvalue weighted by Crippen LogP contribution is 2.34. The van der Waals surface area contributed by atoms with E-state index < -0.39 is 0 Å². The summed E-state index contributed by atoms with van der Waals surface area (Å²) in [5, 5.41) is 5.39. The van der Waals surface area contributed by atoms with E-state index in [1.165, 1.54) is 16.9 Å². The lowest BCUT2D eigenvalue weighted by molar-refractivity contribution is 0.0959. The molecule has 5 heteroatoms. The standard InChI is InChI=1S/C19H17ClN2OS/c1-12(2)14-9-7-13(8-10-14)11-21-22-19(23)18-17(20)15-5-3-4-6-16(15)24-18/h3-12H,1-2H3,(H,22,23)/b21-11-. The Morgan fingerprint density at radius 1 is 1.17 bits per heavy atom. The largest absolute Gasteiger partial charge is 0.283 e. The third-order valence-electron chi connectivity index (χ3n) is 3.72. The first-order valence-corrected chi connectivity index (χ1v) is 8.86. The third kappa shape index (κ3) is 3.50. The van der Waals surface area contributed by atoms with Crippen molar-refractivity contribution in [2.24, 2.45) is 5.10 Å². The second kappa shape index (κ2) is 7.16. The number of fused-ring (bicyclic) bond motifs is 1. The van der Waals surface area contributed by atoms with Crippen molar-refractivity contribution >= 4 is 45.1 Å². The number of benzene rings is 2. The van der Waals surface area contributed by atoms with Crippen LogP contribution < -0.4 is 5.43 Å². The van der Waals surface area contributed by atoms with Crippen LogP contribution in [-0.2, 0) is 0 Å². The van der Waals surface area contributed by atoms with E-state index in [0.717, 1.165) is 15.6 Å². The molecule has 0 radical (unpaired) electrons. The van der Waals surface area contributed by atoms with Crippen LogP contribution in [0.5, 0.6) is 0 Å². The molecular formula is C19H17ClN2OS. The minimum Gasteiger partial charge on any atom is -0.266 e. The Hall–Kier alpha value is -2.17. The van der Waals surface area contributed by atoms with Gasteiger partial charge in [-0.05, 0) is 23.1 Å². The van der Waals surface area contributed by atoms with Gasteiger partial charge >= 0.3 is 0 Å². The van der Waals surface area contributed by atoms with Crippen LogP contribution in [0.2, 0.25) is 5.02 Å². The second-order valence-electron chi connectivity index (χ2n) is 5.76. The van der Waals surface area contributed by atoms with Crippen LogP contribution in [0, 0.1) is 0 Å². The minimum atomic E-state index is -0.295. The van der Waals surface area contributed by atoms with Crippen LogP contribution in [-0.4, -0.2) is 12.1 Å². The summed E-state index contributed by atoms with van der Waals surface area (Å²) >= 11 is 7.66. The molecule has 0 aliphatic carbocycles. The van der Waals surface area contributed by atoms with Crippen molar-refractivity contribution in [2.45, 2.75) is 19.8 Å². The van der Waals surface area contributed by atoms with Crippen LogP contribution >= 0.6 is 22.9 Å². The molecular weight excluding hydrogens is 340 g/mol. The highest BCUT2D eigenvalue weighted by molar-refractivity contribution is 7.21. The van der Waals surface area contributed by atoms with Gasteiger partial charge in [0.2, 0.25) is 0 Å². The maximum Gasteiger partial charge on any atom is 0.283 e. The molecule has 1 aromatic heterocycles. The van der Waals surface area contributed by atoms with Gasteiger partial charge in [-0.2, -0.15) is 5.10 Å². The molecule has 3 rings (SSSR count). The molecule has 1 heterocycles. The number of nitrogens with one attached hydrogen (secondary N) is 1. The van der Waals surface area contributed by atoms with Gasteiger partial charge in [0.1, 0.15) is 4.88 Å². The quantitative estimate of drug-likeness (QED) is 0.490. The van der Waals surface area contributed by atoms with Crippen molar-refractivity contribution in [2.75, 3.05) is 0 Å². The number of amides is 1. The number of hydrazone groups is 1. The topological polar surface area (TPSA) is 41.5 Å². The van der Waals surface area contributed by atoms with Crippen molar-refractivity contribution in [3.63, 3.8) is 0 Å². The Balaban J connectivity index is 1.71. The Morgan fingerprint density at radius 2 is 1.88 bits per heavy atom. The fourth-order valence-corrected chi connectivity index (χ4v) is 3.75. The summed E-state index contributed by atoms with van der Waals surface area (Å²) in [5.41, 5.74) is 4.75. The number of thiophene rings is 1. The van der Waals surface area contributed by atoms with Crippen LogP contribution in [0.1, 0.15) is 40.6 Å². The summed E-state index contributed by atoms with van der Waals surface area (Å²) in [4.78, 5) is 12.7. The highest BCUT2D eigenvalue weighted by atomic mass is 35.5. The zero-order chi connectivity index (χ0) is 17.1. The molecule has 0 aliphatic heterocycles. The summed E-state index contributed by atoms with van der Waals surface area (Å²) in [6, 6.07) is 15.8. The average Bonchev–Trinajstić information content (AvgIpc) is 2.93. The monoisotopic (exact) mass is 356 g/mol. The number of rotatable bonds is 4. The lowest BCUT2D eigenvalue weighted by atomic mass is 10.0. The number of carbonyl (C=O) groups is 1. The molecule has 24 heavy (non-hydrogen) atoms. The molecule has 0 unspecified atom stereocenters. The van der Waals surface area contributed by atoms with Crippen molar-refractivity contribution < 1.29 is 4.79 Å². The van der Waals surface area contributed by atoms with Gasteiger partial charge in [0.25, 0.3) is 5.91 Å². The van der Waals surface area contributed by atoms with E-state index in [1.54, 1.807) is 6.21 Å². The van der Waals surface area contributed by atoms with Crippen LogP contribution in [0.15, 0.2) is 53.6 Å². The zero-order valence-corrected chi connectivity index (χ0v) is 15.0. The van der Waals surface area contributed by atoms with Gasteiger partial charge in [0.15, 0.2) is 0 Å². The maximum absolute atomic E-state index is 12.3. The number of carbonyl (C=O) groups excluding carboxylic acids is 1. The highest BCUT2D eigenvalue weighted by Gasteiger charge is 2.16. The molecule has 0 spiro atoms. The lowest BCUT2D eigenvalue weighted by Gasteiger charge is -2.04. The van der Waals surface area contributed by atoms with E-state index in [9.17, 15) is 4.79 Å². The molecule has 1 N–H and O–H groups in total. The van der Waals surface area contributed by atoms with Crippen molar-refractivity contribution in [3.05, 3.63) is 69.6 Å². The summed E-state index contributed by atoms with van der Waals surface area (Å²) in [5.74, 6) is 0.196. The van der Waals surface area contributed by atoms with E-state index in [1.807, 2.05) is 36.4 Å². The predicted octanol–water partition coefficient (Wildman–Crippen LogP) is 5.44. The third-order valence-corrected chi connectivity index (χ3v) is 5.40. The Labute approximate surface area is 150 Å². The second-order valence-corrected chi connectivity index (χ2v) is 7.19. The van der Waals surface area contributed by atoms with E-state index in [0.29, 0.717) is 15.8 Å². The van der Waals surface area contributed by atoms with Gasteiger partial charge in [-0.25, -0.2) is 5.43 Å². The van der Waals surface area contributed by atoms with Gasteiger partial charge in [-0.1, -0.05) is 67.9 Å². The SMILES string of the molecule is CC(C)c1ccc(/C=N\NC(=O)c2sc3ccccc3c2Cl)cc1. The Morgan fingerprint density at radius 3 is 2.54 bits per heavy atom. The molecule has 0 saturated carbocycles. The number of nitrogens with zero attached hydrogens (tertiary/aromatic N) is 1. The van der Waals surface area contributed by atoms with E-state index in [4.69, 9.17) is 11.6 Å². The van der Waals surface area contributed by atoms with Gasteiger partial charge in [-0.3, -0.25) is 4.79 Å². The summed E-state index contributed by atoms with van der Waals surface area (Å²) in [6.45, 7) is 4.30. The van der Waals surface area contributed by atoms with Crippen molar-refractivity contribution in [3.8, 4) is 0 Å². The molecule has 0 bridgehead atoms. The molecule has 0 aliphatic rings. The van der Waals surface area contributed by atoms with E-state index in [-0.39, 0.29) is 5.91 Å². The first kappa shape index (κ1) is 16.7. The van der Waals surface area contributed by atoms with Crippen LogP contribution in [0.3, 0.4) is 0 Å². The normalized spacial score (nSPS) is 11.5. The fraction of sp³-hybridized carbons (Fsp3) is 0.158. The average molecular weight is 357 g/mol. The fourth-order valence-electron chi connectivity index (χ4n) is 2.34. The van der Waals surface area contributed by atoms with Gasteiger partial charge in [0, 0.05) is 10.1 Å². The zero-order valence-electron chi connectivity index (χ0n) is 13.4. The van der Waals surface area contributed by atoms with Gasteiger partial charge < -0.3 is 0 Å². The van der Waals surface area contributed by atoms with Crippen molar-refractivity contribution in [1.29, 1.82) is 0 Å². The Kier molecular flexibility index (Phi) is 4.97. The molecule has 0 saturated heterocycles.